The van der Waals surface area contributed by atoms with E-state index in [4.69, 9.17) is 10.8 Å². The summed E-state index contributed by atoms with van der Waals surface area (Å²) in [6.45, 7) is 1.35. The summed E-state index contributed by atoms with van der Waals surface area (Å²) in [7, 11) is 0. The van der Waals surface area contributed by atoms with Crippen molar-refractivity contribution in [2.75, 3.05) is 6.61 Å². The first-order chi connectivity index (χ1) is 8.56. The molecule has 18 heavy (non-hydrogen) atoms. The first kappa shape index (κ1) is 14.3. The van der Waals surface area contributed by atoms with Gasteiger partial charge < -0.3 is 10.8 Å². The van der Waals surface area contributed by atoms with E-state index in [1.807, 2.05) is 30.3 Å². The third-order valence-electron chi connectivity index (χ3n) is 2.59. The molecule has 0 bridgehead atoms. The number of hydrogen-bond donors (Lipinski definition) is 2. The van der Waals surface area contributed by atoms with Crippen LogP contribution in [0.15, 0.2) is 30.3 Å². The standard InChI is InChI=1S/C13H18N2O3/c1-10(17)15(13(18)12(14)7-8-16)9-11-5-3-2-4-6-11/h2-6,12,16H,7-9,14H2,1H3/t12-/m1/s1. The van der Waals surface area contributed by atoms with Crippen molar-refractivity contribution in [3.8, 4) is 0 Å². The zero-order valence-corrected chi connectivity index (χ0v) is 10.4. The molecule has 5 heteroatoms. The summed E-state index contributed by atoms with van der Waals surface area (Å²) in [4.78, 5) is 24.5. The molecule has 0 aliphatic carbocycles. The van der Waals surface area contributed by atoms with E-state index < -0.39 is 11.9 Å². The van der Waals surface area contributed by atoms with Crippen molar-refractivity contribution in [1.82, 2.24) is 4.90 Å². The molecule has 1 atom stereocenters. The third-order valence-corrected chi connectivity index (χ3v) is 2.59. The highest BCUT2D eigenvalue weighted by molar-refractivity contribution is 5.96. The first-order valence-electron chi connectivity index (χ1n) is 5.78. The van der Waals surface area contributed by atoms with E-state index in [0.717, 1.165) is 10.5 Å². The minimum atomic E-state index is -0.845. The average molecular weight is 250 g/mol. The molecule has 0 saturated heterocycles. The van der Waals surface area contributed by atoms with Gasteiger partial charge in [-0.1, -0.05) is 30.3 Å². The van der Waals surface area contributed by atoms with Crippen LogP contribution in [0.25, 0.3) is 0 Å². The van der Waals surface area contributed by atoms with Gasteiger partial charge in [0, 0.05) is 13.5 Å². The van der Waals surface area contributed by atoms with Gasteiger partial charge in [-0.05, 0) is 12.0 Å². The molecule has 1 aromatic carbocycles. The third kappa shape index (κ3) is 3.94. The predicted molar refractivity (Wildman–Crippen MR) is 67.4 cm³/mol. The molecule has 0 unspecified atom stereocenters. The quantitative estimate of drug-likeness (QED) is 0.785. The van der Waals surface area contributed by atoms with Crippen molar-refractivity contribution in [2.24, 2.45) is 5.73 Å². The lowest BCUT2D eigenvalue weighted by molar-refractivity contribution is -0.145. The van der Waals surface area contributed by atoms with Crippen molar-refractivity contribution in [3.05, 3.63) is 35.9 Å². The van der Waals surface area contributed by atoms with Gasteiger partial charge in [-0.3, -0.25) is 14.5 Å². The second-order valence-corrected chi connectivity index (χ2v) is 4.05. The molecular weight excluding hydrogens is 232 g/mol. The Labute approximate surface area is 106 Å². The van der Waals surface area contributed by atoms with Gasteiger partial charge in [0.1, 0.15) is 0 Å². The number of rotatable bonds is 5. The van der Waals surface area contributed by atoms with E-state index in [1.165, 1.54) is 6.92 Å². The molecule has 0 aliphatic rings. The average Bonchev–Trinajstić information content (AvgIpc) is 2.36. The van der Waals surface area contributed by atoms with E-state index in [1.54, 1.807) is 0 Å². The van der Waals surface area contributed by atoms with Crippen molar-refractivity contribution in [3.63, 3.8) is 0 Å². The fourth-order valence-corrected chi connectivity index (χ4v) is 1.57. The number of amides is 2. The minimum absolute atomic E-state index is 0.150. The lowest BCUT2D eigenvalue weighted by atomic mass is 10.1. The van der Waals surface area contributed by atoms with Crippen LogP contribution in [0, 0.1) is 0 Å². The number of aliphatic hydroxyl groups is 1. The topological polar surface area (TPSA) is 83.6 Å². The Balaban J connectivity index is 2.77. The van der Waals surface area contributed by atoms with Gasteiger partial charge in [0.05, 0.1) is 12.6 Å². The number of benzene rings is 1. The molecule has 0 aromatic heterocycles. The van der Waals surface area contributed by atoms with E-state index in [0.29, 0.717) is 0 Å². The molecule has 0 saturated carbocycles. The largest absolute Gasteiger partial charge is 0.396 e. The summed E-state index contributed by atoms with van der Waals surface area (Å²) in [6, 6.07) is 8.36. The van der Waals surface area contributed by atoms with Crippen molar-refractivity contribution in [1.29, 1.82) is 0 Å². The van der Waals surface area contributed by atoms with Crippen LogP contribution in [0.2, 0.25) is 0 Å². The van der Waals surface area contributed by atoms with Crippen LogP contribution in [0.3, 0.4) is 0 Å². The van der Waals surface area contributed by atoms with E-state index in [9.17, 15) is 9.59 Å². The van der Waals surface area contributed by atoms with Gasteiger partial charge in [-0.2, -0.15) is 0 Å². The Kier molecular flexibility index (Phi) is 5.48. The minimum Gasteiger partial charge on any atom is -0.396 e. The summed E-state index contributed by atoms with van der Waals surface area (Å²) < 4.78 is 0. The van der Waals surface area contributed by atoms with Crippen LogP contribution in [-0.4, -0.2) is 34.5 Å². The highest BCUT2D eigenvalue weighted by atomic mass is 16.3. The second kappa shape index (κ2) is 6.88. The number of aliphatic hydroxyl groups excluding tert-OH is 1. The van der Waals surface area contributed by atoms with Crippen LogP contribution in [0.4, 0.5) is 0 Å². The molecule has 0 aliphatic heterocycles. The second-order valence-electron chi connectivity index (χ2n) is 4.05. The van der Waals surface area contributed by atoms with E-state index >= 15 is 0 Å². The number of nitrogens with two attached hydrogens (primary N) is 1. The molecule has 2 amide bonds. The zero-order chi connectivity index (χ0) is 13.5. The van der Waals surface area contributed by atoms with Gasteiger partial charge >= 0.3 is 0 Å². The normalized spacial score (nSPS) is 11.9. The highest BCUT2D eigenvalue weighted by Crippen LogP contribution is 2.07. The van der Waals surface area contributed by atoms with Crippen LogP contribution < -0.4 is 5.73 Å². The first-order valence-corrected chi connectivity index (χ1v) is 5.78. The van der Waals surface area contributed by atoms with Gasteiger partial charge in [0.15, 0.2) is 0 Å². The Morgan fingerprint density at radius 2 is 1.94 bits per heavy atom. The van der Waals surface area contributed by atoms with Gasteiger partial charge in [-0.25, -0.2) is 0 Å². The summed E-state index contributed by atoms with van der Waals surface area (Å²) in [5, 5.41) is 8.76. The van der Waals surface area contributed by atoms with Crippen LogP contribution >= 0.6 is 0 Å². The summed E-state index contributed by atoms with van der Waals surface area (Å²) in [5.41, 5.74) is 6.48. The number of carbonyl (C=O) groups excluding carboxylic acids is 2. The van der Waals surface area contributed by atoms with E-state index in [2.05, 4.69) is 0 Å². The maximum absolute atomic E-state index is 11.9. The molecule has 3 N–H and O–H groups in total. The number of nitrogens with zero attached hydrogens (tertiary/aromatic N) is 1. The Morgan fingerprint density at radius 3 is 2.44 bits per heavy atom. The lowest BCUT2D eigenvalue weighted by Crippen LogP contribution is -2.45. The summed E-state index contributed by atoms with van der Waals surface area (Å²) >= 11 is 0. The number of carbonyl (C=O) groups is 2. The molecule has 0 heterocycles. The smallest absolute Gasteiger partial charge is 0.246 e. The molecule has 0 radical (unpaired) electrons. The maximum Gasteiger partial charge on any atom is 0.246 e. The van der Waals surface area contributed by atoms with E-state index in [-0.39, 0.29) is 25.5 Å². The fourth-order valence-electron chi connectivity index (χ4n) is 1.57. The molecule has 0 fully saturated rings. The van der Waals surface area contributed by atoms with Crippen molar-refractivity contribution < 1.29 is 14.7 Å². The Hall–Kier alpha value is -1.72. The molecule has 5 nitrogen and oxygen atoms in total. The Morgan fingerprint density at radius 1 is 1.33 bits per heavy atom. The lowest BCUT2D eigenvalue weighted by Gasteiger charge is -2.22. The molecular formula is C13H18N2O3. The predicted octanol–water partition coefficient (Wildman–Crippen LogP) is 0.271. The van der Waals surface area contributed by atoms with Crippen LogP contribution in [-0.2, 0) is 16.1 Å². The van der Waals surface area contributed by atoms with Crippen LogP contribution in [0.1, 0.15) is 18.9 Å². The van der Waals surface area contributed by atoms with Crippen LogP contribution in [0.5, 0.6) is 0 Å². The van der Waals surface area contributed by atoms with Gasteiger partial charge in [0.2, 0.25) is 11.8 Å². The van der Waals surface area contributed by atoms with Crippen molar-refractivity contribution in [2.45, 2.75) is 25.9 Å². The molecule has 0 spiro atoms. The van der Waals surface area contributed by atoms with Crippen molar-refractivity contribution >= 4 is 11.8 Å². The number of imide groups is 1. The molecule has 1 rings (SSSR count). The molecule has 98 valence electrons. The summed E-state index contributed by atoms with van der Waals surface area (Å²) in [6.07, 6.45) is 0.150. The summed E-state index contributed by atoms with van der Waals surface area (Å²) in [5.74, 6) is -0.808. The fraction of sp³-hybridized carbons (Fsp3) is 0.385. The maximum atomic E-state index is 11.9. The zero-order valence-electron chi connectivity index (χ0n) is 10.4. The SMILES string of the molecule is CC(=O)N(Cc1ccccc1)C(=O)[C@H](N)CCO. The monoisotopic (exact) mass is 250 g/mol. The number of hydrogen-bond acceptors (Lipinski definition) is 4. The molecule has 1 aromatic rings. The highest BCUT2D eigenvalue weighted by Gasteiger charge is 2.23. The Bertz CT molecular complexity index is 406. The van der Waals surface area contributed by atoms with Gasteiger partial charge in [0.25, 0.3) is 0 Å². The van der Waals surface area contributed by atoms with Gasteiger partial charge in [-0.15, -0.1) is 0 Å².